The number of aryl methyl sites for hydroxylation is 1. The van der Waals surface area contributed by atoms with E-state index in [4.69, 9.17) is 14.2 Å². The second-order valence-corrected chi connectivity index (χ2v) is 4.25. The zero-order chi connectivity index (χ0) is 15.7. The second-order valence-electron chi connectivity index (χ2n) is 4.25. The van der Waals surface area contributed by atoms with E-state index in [1.54, 1.807) is 32.0 Å². The van der Waals surface area contributed by atoms with Crippen LogP contribution in [0.15, 0.2) is 18.2 Å². The number of carbonyl (C=O) groups excluding carboxylic acids is 2. The van der Waals surface area contributed by atoms with Crippen LogP contribution in [-0.2, 0) is 20.7 Å². The van der Waals surface area contributed by atoms with Crippen LogP contribution in [0.1, 0.15) is 43.1 Å². The van der Waals surface area contributed by atoms with Gasteiger partial charge in [0.2, 0.25) is 0 Å². The minimum absolute atomic E-state index is 0.218. The molecule has 1 aromatic carbocycles. The van der Waals surface area contributed by atoms with Crippen molar-refractivity contribution in [1.82, 2.24) is 0 Å². The van der Waals surface area contributed by atoms with E-state index in [9.17, 15) is 9.59 Å². The van der Waals surface area contributed by atoms with Gasteiger partial charge in [-0.25, -0.2) is 4.79 Å². The molecule has 0 unspecified atom stereocenters. The lowest BCUT2D eigenvalue weighted by Gasteiger charge is -2.13. The maximum atomic E-state index is 12.1. The quantitative estimate of drug-likeness (QED) is 0.690. The van der Waals surface area contributed by atoms with Crippen molar-refractivity contribution in [2.45, 2.75) is 33.6 Å². The highest BCUT2D eigenvalue weighted by Gasteiger charge is 2.19. The van der Waals surface area contributed by atoms with Gasteiger partial charge in [0.05, 0.1) is 19.8 Å². The highest BCUT2D eigenvalue weighted by Crippen LogP contribution is 2.25. The molecule has 0 fully saturated rings. The van der Waals surface area contributed by atoms with Gasteiger partial charge >= 0.3 is 11.9 Å². The summed E-state index contributed by atoms with van der Waals surface area (Å²) in [5.74, 6) is -0.230. The van der Waals surface area contributed by atoms with Crippen molar-refractivity contribution in [3.63, 3.8) is 0 Å². The van der Waals surface area contributed by atoms with Crippen LogP contribution in [0, 0.1) is 0 Å². The van der Waals surface area contributed by atoms with Crippen molar-refractivity contribution in [2.24, 2.45) is 0 Å². The Morgan fingerprint density at radius 3 is 2.33 bits per heavy atom. The number of carbonyl (C=O) groups is 2. The average molecular weight is 294 g/mol. The van der Waals surface area contributed by atoms with E-state index in [-0.39, 0.29) is 19.0 Å². The lowest BCUT2D eigenvalue weighted by molar-refractivity contribution is -0.143. The fourth-order valence-corrected chi connectivity index (χ4v) is 1.97. The maximum Gasteiger partial charge on any atom is 0.342 e. The van der Waals surface area contributed by atoms with E-state index in [1.807, 2.05) is 6.92 Å². The largest absolute Gasteiger partial charge is 0.493 e. The minimum atomic E-state index is -0.430. The van der Waals surface area contributed by atoms with Crippen molar-refractivity contribution in [3.8, 4) is 5.75 Å². The molecule has 1 aromatic rings. The molecule has 0 heterocycles. The molecule has 0 aliphatic heterocycles. The third kappa shape index (κ3) is 5.10. The van der Waals surface area contributed by atoms with Crippen LogP contribution < -0.4 is 4.74 Å². The monoisotopic (exact) mass is 294 g/mol. The molecule has 0 bridgehead atoms. The molecule has 0 saturated carbocycles. The summed E-state index contributed by atoms with van der Waals surface area (Å²) < 4.78 is 15.5. The highest BCUT2D eigenvalue weighted by molar-refractivity contribution is 5.94. The molecule has 0 spiro atoms. The molecule has 0 atom stereocenters. The predicted molar refractivity (Wildman–Crippen MR) is 78.5 cm³/mol. The summed E-state index contributed by atoms with van der Waals surface area (Å²) in [7, 11) is 0. The predicted octanol–water partition coefficient (Wildman–Crippen LogP) is 2.76. The van der Waals surface area contributed by atoms with Gasteiger partial charge in [-0.15, -0.1) is 0 Å². The average Bonchev–Trinajstić information content (AvgIpc) is 2.46. The van der Waals surface area contributed by atoms with Crippen LogP contribution in [0.25, 0.3) is 0 Å². The summed E-state index contributed by atoms with van der Waals surface area (Å²) in [6, 6.07) is 5.33. The van der Waals surface area contributed by atoms with Crippen LogP contribution in [0.4, 0.5) is 0 Å². The summed E-state index contributed by atoms with van der Waals surface area (Å²) in [4.78, 5) is 23.6. The molecule has 0 aromatic heterocycles. The Morgan fingerprint density at radius 1 is 1.00 bits per heavy atom. The first-order valence-electron chi connectivity index (χ1n) is 7.21. The van der Waals surface area contributed by atoms with Gasteiger partial charge in [-0.2, -0.15) is 0 Å². The molecule has 0 saturated heterocycles. The molecule has 0 aliphatic rings. The Morgan fingerprint density at radius 2 is 1.71 bits per heavy atom. The zero-order valence-electron chi connectivity index (χ0n) is 12.8. The van der Waals surface area contributed by atoms with Gasteiger partial charge in [0.25, 0.3) is 0 Å². The number of rotatable bonds is 8. The van der Waals surface area contributed by atoms with Crippen molar-refractivity contribution in [3.05, 3.63) is 29.3 Å². The first-order chi connectivity index (χ1) is 10.1. The number of benzene rings is 1. The topological polar surface area (TPSA) is 61.8 Å². The molecule has 0 amide bonds. The van der Waals surface area contributed by atoms with E-state index in [2.05, 4.69) is 0 Å². The van der Waals surface area contributed by atoms with Gasteiger partial charge < -0.3 is 14.2 Å². The van der Waals surface area contributed by atoms with Gasteiger partial charge in [-0.1, -0.05) is 12.1 Å². The smallest absolute Gasteiger partial charge is 0.342 e. The summed E-state index contributed by atoms with van der Waals surface area (Å²) in [5.41, 5.74) is 1.12. The molecule has 0 N–H and O–H groups in total. The van der Waals surface area contributed by atoms with Crippen LogP contribution >= 0.6 is 0 Å². The van der Waals surface area contributed by atoms with E-state index < -0.39 is 5.97 Å². The molecule has 1 rings (SSSR count). The molecule has 0 aliphatic carbocycles. The summed E-state index contributed by atoms with van der Waals surface area (Å²) >= 11 is 0. The third-order valence-corrected chi connectivity index (χ3v) is 2.80. The van der Waals surface area contributed by atoms with Crippen molar-refractivity contribution in [1.29, 1.82) is 0 Å². The second kappa shape index (κ2) is 9.00. The Labute approximate surface area is 125 Å². The van der Waals surface area contributed by atoms with Crippen LogP contribution in [0.5, 0.6) is 5.75 Å². The molecule has 5 nitrogen and oxygen atoms in total. The summed E-state index contributed by atoms with van der Waals surface area (Å²) in [5, 5.41) is 0. The van der Waals surface area contributed by atoms with Crippen molar-refractivity contribution < 1.29 is 23.8 Å². The number of hydrogen-bond donors (Lipinski definition) is 0. The Hall–Kier alpha value is -2.04. The van der Waals surface area contributed by atoms with Gasteiger partial charge in [-0.3, -0.25) is 4.79 Å². The van der Waals surface area contributed by atoms with Gasteiger partial charge in [-0.05, 0) is 38.8 Å². The Kier molecular flexibility index (Phi) is 7.29. The van der Waals surface area contributed by atoms with E-state index in [1.165, 1.54) is 0 Å². The Bertz CT molecular complexity index is 482. The maximum absolute atomic E-state index is 12.1. The lowest BCUT2D eigenvalue weighted by atomic mass is 10.0. The van der Waals surface area contributed by atoms with Gasteiger partial charge in [0.1, 0.15) is 11.3 Å². The number of hydrogen-bond acceptors (Lipinski definition) is 5. The lowest BCUT2D eigenvalue weighted by Crippen LogP contribution is -2.13. The third-order valence-electron chi connectivity index (χ3n) is 2.80. The standard InChI is InChI=1S/C16H22O5/c1-4-19-13-9-7-8-12(10-11-14(17)20-5-2)15(13)16(18)21-6-3/h7-9H,4-6,10-11H2,1-3H3. The molecule has 0 radical (unpaired) electrons. The summed E-state index contributed by atoms with van der Waals surface area (Å²) in [6.45, 7) is 6.45. The summed E-state index contributed by atoms with van der Waals surface area (Å²) in [6.07, 6.45) is 0.629. The first-order valence-corrected chi connectivity index (χ1v) is 7.21. The SMILES string of the molecule is CCOC(=O)CCc1cccc(OCC)c1C(=O)OCC. The van der Waals surface area contributed by atoms with E-state index in [0.29, 0.717) is 30.9 Å². The minimum Gasteiger partial charge on any atom is -0.493 e. The number of ether oxygens (including phenoxy) is 3. The van der Waals surface area contributed by atoms with E-state index in [0.717, 1.165) is 5.56 Å². The van der Waals surface area contributed by atoms with Gasteiger partial charge in [0, 0.05) is 6.42 Å². The van der Waals surface area contributed by atoms with Gasteiger partial charge in [0.15, 0.2) is 0 Å². The van der Waals surface area contributed by atoms with Crippen LogP contribution in [0.2, 0.25) is 0 Å². The molecular formula is C16H22O5. The molecule has 21 heavy (non-hydrogen) atoms. The van der Waals surface area contributed by atoms with Crippen molar-refractivity contribution >= 4 is 11.9 Å². The fourth-order valence-electron chi connectivity index (χ4n) is 1.97. The normalized spacial score (nSPS) is 10.0. The molecule has 5 heteroatoms. The molecular weight excluding hydrogens is 272 g/mol. The first kappa shape index (κ1) is 17.0. The van der Waals surface area contributed by atoms with E-state index >= 15 is 0 Å². The van der Waals surface area contributed by atoms with Crippen LogP contribution in [-0.4, -0.2) is 31.8 Å². The fraction of sp³-hybridized carbons (Fsp3) is 0.500. The Balaban J connectivity index is 2.98. The highest BCUT2D eigenvalue weighted by atomic mass is 16.5. The van der Waals surface area contributed by atoms with Crippen molar-refractivity contribution in [2.75, 3.05) is 19.8 Å². The number of esters is 2. The van der Waals surface area contributed by atoms with Crippen LogP contribution in [0.3, 0.4) is 0 Å². The molecule has 116 valence electrons. The zero-order valence-corrected chi connectivity index (χ0v) is 12.8.